The maximum Gasteiger partial charge on any atom is 0.238 e. The number of hydrogen-bond acceptors (Lipinski definition) is 3. The molecule has 2 aromatic carbocycles. The van der Waals surface area contributed by atoms with Gasteiger partial charge in [-0.05, 0) is 46.3 Å². The first-order valence-electron chi connectivity index (χ1n) is 7.89. The van der Waals surface area contributed by atoms with E-state index in [2.05, 4.69) is 37.1 Å². The van der Waals surface area contributed by atoms with E-state index in [1.54, 1.807) is 0 Å². The van der Waals surface area contributed by atoms with Gasteiger partial charge in [-0.25, -0.2) is 0 Å². The Morgan fingerprint density at radius 2 is 1.83 bits per heavy atom. The van der Waals surface area contributed by atoms with Crippen LogP contribution < -0.4 is 10.2 Å². The van der Waals surface area contributed by atoms with Crippen LogP contribution in [0.5, 0.6) is 0 Å². The number of nitrogens with zero attached hydrogens (tertiary/aromatic N) is 2. The highest BCUT2D eigenvalue weighted by molar-refractivity contribution is 9.10. The molecule has 0 saturated carbocycles. The van der Waals surface area contributed by atoms with Gasteiger partial charge < -0.3 is 10.2 Å². The maximum absolute atomic E-state index is 12.2. The topological polar surface area (TPSA) is 35.6 Å². The van der Waals surface area contributed by atoms with Crippen LogP contribution in [0.4, 0.5) is 11.4 Å². The first-order valence-corrected chi connectivity index (χ1v) is 9.06. The van der Waals surface area contributed by atoms with Crippen LogP contribution in [0.15, 0.2) is 53.0 Å². The molecule has 24 heavy (non-hydrogen) atoms. The lowest BCUT2D eigenvalue weighted by atomic mass is 10.2. The summed E-state index contributed by atoms with van der Waals surface area (Å²) in [6, 6.07) is 15.5. The van der Waals surface area contributed by atoms with Crippen molar-refractivity contribution in [3.05, 3.63) is 58.0 Å². The van der Waals surface area contributed by atoms with Gasteiger partial charge >= 0.3 is 0 Å². The van der Waals surface area contributed by atoms with Gasteiger partial charge in [0.1, 0.15) is 0 Å². The summed E-state index contributed by atoms with van der Waals surface area (Å²) in [7, 11) is 0. The minimum absolute atomic E-state index is 0.0121. The third-order valence-electron chi connectivity index (χ3n) is 4.06. The van der Waals surface area contributed by atoms with E-state index in [1.165, 1.54) is 0 Å². The predicted molar refractivity (Wildman–Crippen MR) is 103 cm³/mol. The number of anilines is 2. The average Bonchev–Trinajstić information content (AvgIpc) is 2.58. The number of para-hydroxylation sites is 1. The van der Waals surface area contributed by atoms with Gasteiger partial charge in [0.05, 0.1) is 12.2 Å². The van der Waals surface area contributed by atoms with Crippen molar-refractivity contribution in [1.82, 2.24) is 4.90 Å². The molecule has 0 radical (unpaired) electrons. The molecule has 0 aliphatic carbocycles. The predicted octanol–water partition coefficient (Wildman–Crippen LogP) is 3.86. The molecule has 1 aliphatic rings. The molecule has 0 atom stereocenters. The molecule has 0 bridgehead atoms. The molecule has 2 aromatic rings. The molecule has 0 aromatic heterocycles. The summed E-state index contributed by atoms with van der Waals surface area (Å²) in [5.41, 5.74) is 1.94. The average molecular weight is 409 g/mol. The van der Waals surface area contributed by atoms with E-state index in [0.717, 1.165) is 47.0 Å². The molecule has 4 nitrogen and oxygen atoms in total. The number of piperazine rings is 1. The summed E-state index contributed by atoms with van der Waals surface area (Å²) >= 11 is 9.50. The molecule has 0 spiro atoms. The number of carbonyl (C=O) groups excluding carboxylic acids is 1. The Morgan fingerprint density at radius 3 is 2.54 bits per heavy atom. The lowest BCUT2D eigenvalue weighted by molar-refractivity contribution is -0.117. The third-order valence-corrected chi connectivity index (χ3v) is 4.99. The minimum atomic E-state index is 0.0121. The first-order chi connectivity index (χ1) is 11.6. The van der Waals surface area contributed by atoms with E-state index < -0.39 is 0 Å². The number of benzene rings is 2. The monoisotopic (exact) mass is 407 g/mol. The zero-order chi connectivity index (χ0) is 16.9. The highest BCUT2D eigenvalue weighted by Crippen LogP contribution is 2.22. The van der Waals surface area contributed by atoms with Crippen LogP contribution in [0.3, 0.4) is 0 Å². The summed E-state index contributed by atoms with van der Waals surface area (Å²) < 4.78 is 0.893. The summed E-state index contributed by atoms with van der Waals surface area (Å²) in [6.45, 7) is 3.90. The van der Waals surface area contributed by atoms with Crippen LogP contribution in [0.2, 0.25) is 5.02 Å². The molecular weight excluding hydrogens is 390 g/mol. The molecule has 1 fully saturated rings. The molecule has 0 unspecified atom stereocenters. The van der Waals surface area contributed by atoms with E-state index in [0.29, 0.717) is 6.54 Å². The first kappa shape index (κ1) is 17.3. The number of amides is 1. The van der Waals surface area contributed by atoms with E-state index >= 15 is 0 Å². The Balaban J connectivity index is 1.50. The Bertz CT molecular complexity index is 717. The zero-order valence-corrected chi connectivity index (χ0v) is 15.6. The summed E-state index contributed by atoms with van der Waals surface area (Å²) in [5, 5.41) is 3.70. The Kier molecular flexibility index (Phi) is 5.76. The molecule has 1 aliphatic heterocycles. The van der Waals surface area contributed by atoms with E-state index in [4.69, 9.17) is 11.6 Å². The summed E-state index contributed by atoms with van der Waals surface area (Å²) in [6.07, 6.45) is 0. The van der Waals surface area contributed by atoms with Crippen LogP contribution in [0.25, 0.3) is 0 Å². The van der Waals surface area contributed by atoms with Crippen molar-refractivity contribution in [2.45, 2.75) is 0 Å². The van der Waals surface area contributed by atoms with Crippen LogP contribution in [0, 0.1) is 0 Å². The van der Waals surface area contributed by atoms with Crippen molar-refractivity contribution in [3.8, 4) is 0 Å². The number of halogens is 2. The molecule has 1 amide bonds. The standard InChI is InChI=1S/C18H19BrClN3O/c19-16-6-1-2-7-17(16)21-18(24)13-22-8-10-23(11-9-22)15-5-3-4-14(20)12-15/h1-7,12H,8-11,13H2,(H,21,24). The summed E-state index contributed by atoms with van der Waals surface area (Å²) in [5.74, 6) is 0.0121. The van der Waals surface area contributed by atoms with Crippen molar-refractivity contribution < 1.29 is 4.79 Å². The SMILES string of the molecule is O=C(CN1CCN(c2cccc(Cl)c2)CC1)Nc1ccccc1Br. The van der Waals surface area contributed by atoms with Gasteiger partial charge in [0.25, 0.3) is 0 Å². The van der Waals surface area contributed by atoms with Crippen molar-refractivity contribution in [2.75, 3.05) is 42.9 Å². The smallest absolute Gasteiger partial charge is 0.238 e. The number of carbonyl (C=O) groups is 1. The van der Waals surface area contributed by atoms with Gasteiger partial charge in [-0.3, -0.25) is 9.69 Å². The maximum atomic E-state index is 12.2. The van der Waals surface area contributed by atoms with Crippen molar-refractivity contribution >= 4 is 44.8 Å². The van der Waals surface area contributed by atoms with E-state index in [1.807, 2.05) is 42.5 Å². The fourth-order valence-corrected chi connectivity index (χ4v) is 3.36. The van der Waals surface area contributed by atoms with Crippen molar-refractivity contribution in [3.63, 3.8) is 0 Å². The lowest BCUT2D eigenvalue weighted by Gasteiger charge is -2.35. The van der Waals surface area contributed by atoms with Gasteiger partial charge in [0.15, 0.2) is 0 Å². The zero-order valence-electron chi connectivity index (χ0n) is 13.2. The highest BCUT2D eigenvalue weighted by atomic mass is 79.9. The van der Waals surface area contributed by atoms with E-state index in [9.17, 15) is 4.79 Å². The molecule has 6 heteroatoms. The van der Waals surface area contributed by atoms with Gasteiger partial charge in [0, 0.05) is 41.4 Å². The molecule has 3 rings (SSSR count). The van der Waals surface area contributed by atoms with Gasteiger partial charge in [-0.1, -0.05) is 29.8 Å². The Morgan fingerprint density at radius 1 is 1.08 bits per heavy atom. The van der Waals surface area contributed by atoms with Crippen LogP contribution in [-0.2, 0) is 4.79 Å². The third kappa shape index (κ3) is 4.50. The molecule has 126 valence electrons. The normalized spacial score (nSPS) is 15.3. The van der Waals surface area contributed by atoms with Crippen LogP contribution in [-0.4, -0.2) is 43.5 Å². The molecule has 1 saturated heterocycles. The second-order valence-corrected chi connectivity index (χ2v) is 7.06. The van der Waals surface area contributed by atoms with Gasteiger partial charge in [-0.2, -0.15) is 0 Å². The number of nitrogens with one attached hydrogen (secondary N) is 1. The largest absolute Gasteiger partial charge is 0.369 e. The second-order valence-electron chi connectivity index (χ2n) is 5.77. The Hall–Kier alpha value is -1.56. The van der Waals surface area contributed by atoms with Crippen molar-refractivity contribution in [2.24, 2.45) is 0 Å². The summed E-state index contributed by atoms with van der Waals surface area (Å²) in [4.78, 5) is 16.7. The fraction of sp³-hybridized carbons (Fsp3) is 0.278. The highest BCUT2D eigenvalue weighted by Gasteiger charge is 2.19. The quantitative estimate of drug-likeness (QED) is 0.834. The molecule has 1 N–H and O–H groups in total. The fourth-order valence-electron chi connectivity index (χ4n) is 2.79. The van der Waals surface area contributed by atoms with Gasteiger partial charge in [-0.15, -0.1) is 0 Å². The van der Waals surface area contributed by atoms with E-state index in [-0.39, 0.29) is 5.91 Å². The minimum Gasteiger partial charge on any atom is -0.369 e. The number of hydrogen-bond donors (Lipinski definition) is 1. The van der Waals surface area contributed by atoms with Crippen LogP contribution >= 0.6 is 27.5 Å². The lowest BCUT2D eigenvalue weighted by Crippen LogP contribution is -2.48. The molecular formula is C18H19BrClN3O. The number of rotatable bonds is 4. The van der Waals surface area contributed by atoms with Crippen LogP contribution in [0.1, 0.15) is 0 Å². The molecule has 1 heterocycles. The second kappa shape index (κ2) is 8.01. The van der Waals surface area contributed by atoms with Crippen molar-refractivity contribution in [1.29, 1.82) is 0 Å². The Labute approximate surface area is 155 Å². The van der Waals surface area contributed by atoms with Gasteiger partial charge in [0.2, 0.25) is 5.91 Å².